The van der Waals surface area contributed by atoms with Crippen LogP contribution in [0.3, 0.4) is 0 Å². The third-order valence-corrected chi connectivity index (χ3v) is 3.88. The molecule has 0 bridgehead atoms. The molecular weight excluding hydrogens is 292 g/mol. The van der Waals surface area contributed by atoms with Crippen LogP contribution in [0.4, 0.5) is 16.3 Å². The molecule has 0 radical (unpaired) electrons. The number of anilines is 2. The maximum atomic E-state index is 12.1. The van der Waals surface area contributed by atoms with E-state index >= 15 is 0 Å². The Morgan fingerprint density at radius 3 is 2.91 bits per heavy atom. The van der Waals surface area contributed by atoms with Crippen molar-refractivity contribution in [1.29, 1.82) is 0 Å². The van der Waals surface area contributed by atoms with Gasteiger partial charge in [0.1, 0.15) is 0 Å². The summed E-state index contributed by atoms with van der Waals surface area (Å²) < 4.78 is 1.99. The zero-order valence-corrected chi connectivity index (χ0v) is 13.1. The summed E-state index contributed by atoms with van der Waals surface area (Å²) in [7, 11) is 0. The van der Waals surface area contributed by atoms with Crippen LogP contribution < -0.4 is 15.5 Å². The van der Waals surface area contributed by atoms with Crippen molar-refractivity contribution in [1.82, 2.24) is 19.9 Å². The lowest BCUT2D eigenvalue weighted by Crippen LogP contribution is -2.31. The summed E-state index contributed by atoms with van der Waals surface area (Å²) in [4.78, 5) is 22.7. The Labute approximate surface area is 135 Å². The van der Waals surface area contributed by atoms with Gasteiger partial charge in [0, 0.05) is 44.8 Å². The quantitative estimate of drug-likeness (QED) is 0.801. The van der Waals surface area contributed by atoms with Crippen molar-refractivity contribution in [3.05, 3.63) is 37.1 Å². The van der Waals surface area contributed by atoms with Gasteiger partial charge in [-0.3, -0.25) is 0 Å². The molecule has 0 atom stereocenters. The second kappa shape index (κ2) is 7.62. The molecule has 1 saturated heterocycles. The number of hydrogen-bond donors (Lipinski definition) is 2. The molecule has 1 aliphatic rings. The molecule has 23 heavy (non-hydrogen) atoms. The first-order valence-electron chi connectivity index (χ1n) is 8.03. The Morgan fingerprint density at radius 1 is 1.26 bits per heavy atom. The Hall–Kier alpha value is -2.57. The fourth-order valence-electron chi connectivity index (χ4n) is 2.72. The number of urea groups is 1. The highest BCUT2D eigenvalue weighted by molar-refractivity contribution is 5.92. The van der Waals surface area contributed by atoms with Crippen LogP contribution in [0.2, 0.25) is 0 Å². The number of amides is 2. The summed E-state index contributed by atoms with van der Waals surface area (Å²) in [5.74, 6) is 0.860. The monoisotopic (exact) mass is 314 g/mol. The third-order valence-electron chi connectivity index (χ3n) is 3.88. The van der Waals surface area contributed by atoms with Gasteiger partial charge < -0.3 is 20.1 Å². The van der Waals surface area contributed by atoms with Crippen molar-refractivity contribution >= 4 is 17.5 Å². The average Bonchev–Trinajstić information content (AvgIpc) is 3.26. The van der Waals surface area contributed by atoms with Crippen LogP contribution in [0.5, 0.6) is 0 Å². The maximum Gasteiger partial charge on any atom is 0.319 e. The van der Waals surface area contributed by atoms with Crippen molar-refractivity contribution < 1.29 is 4.79 Å². The van der Waals surface area contributed by atoms with Crippen LogP contribution in [0.15, 0.2) is 37.1 Å². The van der Waals surface area contributed by atoms with Gasteiger partial charge in [0.2, 0.25) is 0 Å². The molecule has 2 N–H and O–H groups in total. The Balaban J connectivity index is 1.47. The van der Waals surface area contributed by atoms with Crippen LogP contribution in [0, 0.1) is 0 Å². The zero-order chi connectivity index (χ0) is 15.9. The van der Waals surface area contributed by atoms with Crippen LogP contribution >= 0.6 is 0 Å². The summed E-state index contributed by atoms with van der Waals surface area (Å²) in [6.45, 7) is 3.45. The number of carbonyl (C=O) groups excluding carboxylic acids is 1. The van der Waals surface area contributed by atoms with Gasteiger partial charge in [0.25, 0.3) is 0 Å². The molecule has 0 spiro atoms. The van der Waals surface area contributed by atoms with E-state index < -0.39 is 0 Å². The minimum atomic E-state index is -0.191. The lowest BCUT2D eigenvalue weighted by molar-refractivity contribution is 0.252. The van der Waals surface area contributed by atoms with Crippen LogP contribution in [0.25, 0.3) is 0 Å². The Bertz CT molecular complexity index is 621. The van der Waals surface area contributed by atoms with Crippen molar-refractivity contribution in [3.8, 4) is 0 Å². The average molecular weight is 314 g/mol. The molecule has 1 aliphatic heterocycles. The van der Waals surface area contributed by atoms with E-state index in [9.17, 15) is 4.79 Å². The minimum absolute atomic E-state index is 0.191. The fraction of sp³-hybridized carbons (Fsp3) is 0.438. The van der Waals surface area contributed by atoms with Crippen molar-refractivity contribution in [2.24, 2.45) is 0 Å². The number of carbonyl (C=O) groups is 1. The first-order valence-corrected chi connectivity index (χ1v) is 8.03. The van der Waals surface area contributed by atoms with Crippen LogP contribution in [-0.2, 0) is 6.54 Å². The zero-order valence-electron chi connectivity index (χ0n) is 13.1. The number of hydrogen-bond acceptors (Lipinski definition) is 4. The van der Waals surface area contributed by atoms with E-state index in [4.69, 9.17) is 0 Å². The van der Waals surface area contributed by atoms with Gasteiger partial charge in [0.05, 0.1) is 12.0 Å². The Kier molecular flexibility index (Phi) is 5.08. The highest BCUT2D eigenvalue weighted by Crippen LogP contribution is 2.25. The van der Waals surface area contributed by atoms with E-state index in [1.807, 2.05) is 22.9 Å². The number of pyridine rings is 1. The summed E-state index contributed by atoms with van der Waals surface area (Å²) in [6.07, 6.45) is 10.4. The molecule has 2 amide bonds. The number of aromatic nitrogens is 3. The molecule has 3 heterocycles. The standard InChI is InChI=1S/C16H22N6O/c23-16(19-7-4-9-21-12-8-17-13-21)20-14-5-3-6-18-15(14)22-10-1-2-11-22/h3,5-6,8,12-13H,1-2,4,7,9-11H2,(H2,19,20,23). The highest BCUT2D eigenvalue weighted by Gasteiger charge is 2.17. The van der Waals surface area contributed by atoms with E-state index in [0.717, 1.165) is 37.6 Å². The number of rotatable bonds is 6. The summed E-state index contributed by atoms with van der Waals surface area (Å²) >= 11 is 0. The highest BCUT2D eigenvalue weighted by atomic mass is 16.2. The van der Waals surface area contributed by atoms with Gasteiger partial charge in [0.15, 0.2) is 5.82 Å². The van der Waals surface area contributed by atoms with Crippen LogP contribution in [-0.4, -0.2) is 40.2 Å². The fourth-order valence-corrected chi connectivity index (χ4v) is 2.72. The summed E-state index contributed by atoms with van der Waals surface area (Å²) in [5.41, 5.74) is 0.765. The number of nitrogens with one attached hydrogen (secondary N) is 2. The van der Waals surface area contributed by atoms with Gasteiger partial charge in [-0.2, -0.15) is 0 Å². The maximum absolute atomic E-state index is 12.1. The number of imidazole rings is 1. The summed E-state index contributed by atoms with van der Waals surface area (Å²) in [5, 5.41) is 5.79. The SMILES string of the molecule is O=C(NCCCn1ccnc1)Nc1cccnc1N1CCCC1. The van der Waals surface area contributed by atoms with E-state index in [1.165, 1.54) is 12.8 Å². The van der Waals surface area contributed by atoms with E-state index in [2.05, 4.69) is 25.5 Å². The van der Waals surface area contributed by atoms with Crippen molar-refractivity contribution in [3.63, 3.8) is 0 Å². The minimum Gasteiger partial charge on any atom is -0.355 e. The predicted molar refractivity (Wildman–Crippen MR) is 89.5 cm³/mol. The molecule has 2 aromatic heterocycles. The molecule has 0 unspecified atom stereocenters. The Morgan fingerprint density at radius 2 is 2.13 bits per heavy atom. The molecule has 7 nitrogen and oxygen atoms in total. The second-order valence-corrected chi connectivity index (χ2v) is 5.60. The second-order valence-electron chi connectivity index (χ2n) is 5.60. The third kappa shape index (κ3) is 4.21. The predicted octanol–water partition coefficient (Wildman–Crippen LogP) is 2.09. The molecule has 7 heteroatoms. The lowest BCUT2D eigenvalue weighted by Gasteiger charge is -2.20. The molecule has 122 valence electrons. The van der Waals surface area contributed by atoms with Crippen LogP contribution in [0.1, 0.15) is 19.3 Å². The van der Waals surface area contributed by atoms with E-state index in [0.29, 0.717) is 6.54 Å². The molecule has 0 saturated carbocycles. The van der Waals surface area contributed by atoms with Gasteiger partial charge in [-0.05, 0) is 31.4 Å². The smallest absolute Gasteiger partial charge is 0.319 e. The normalized spacial score (nSPS) is 14.0. The molecule has 0 aromatic carbocycles. The van der Waals surface area contributed by atoms with E-state index in [1.54, 1.807) is 18.7 Å². The molecule has 0 aliphatic carbocycles. The topological polar surface area (TPSA) is 75.1 Å². The molecular formula is C16H22N6O. The lowest BCUT2D eigenvalue weighted by atomic mass is 10.3. The van der Waals surface area contributed by atoms with Gasteiger partial charge in [-0.1, -0.05) is 0 Å². The first kappa shape index (κ1) is 15.3. The van der Waals surface area contributed by atoms with Gasteiger partial charge in [-0.25, -0.2) is 14.8 Å². The molecule has 1 fully saturated rings. The number of aryl methyl sites for hydroxylation is 1. The van der Waals surface area contributed by atoms with E-state index in [-0.39, 0.29) is 6.03 Å². The van der Waals surface area contributed by atoms with Crippen molar-refractivity contribution in [2.75, 3.05) is 29.9 Å². The largest absolute Gasteiger partial charge is 0.355 e. The first-order chi connectivity index (χ1) is 11.3. The van der Waals surface area contributed by atoms with Gasteiger partial charge >= 0.3 is 6.03 Å². The van der Waals surface area contributed by atoms with Crippen molar-refractivity contribution in [2.45, 2.75) is 25.8 Å². The molecule has 2 aromatic rings. The van der Waals surface area contributed by atoms with Gasteiger partial charge in [-0.15, -0.1) is 0 Å². The molecule has 3 rings (SSSR count). The summed E-state index contributed by atoms with van der Waals surface area (Å²) in [6, 6.07) is 3.55. The number of nitrogens with zero attached hydrogens (tertiary/aromatic N) is 4.